The molecular weight excluding hydrogens is 392 g/mol. The fourth-order valence-corrected chi connectivity index (χ4v) is 4.34. The van der Waals surface area contributed by atoms with E-state index in [0.29, 0.717) is 39.1 Å². The van der Waals surface area contributed by atoms with E-state index in [1.807, 2.05) is 35.2 Å². The van der Waals surface area contributed by atoms with E-state index in [9.17, 15) is 18.3 Å². The van der Waals surface area contributed by atoms with Crippen LogP contribution in [-0.2, 0) is 14.8 Å². The summed E-state index contributed by atoms with van der Waals surface area (Å²) in [6.07, 6.45) is 2.04. The van der Waals surface area contributed by atoms with Gasteiger partial charge in [-0.2, -0.15) is 0 Å². The fraction of sp³-hybridized carbons (Fsp3) is 0.611. The molecule has 9 heteroatoms. The first-order chi connectivity index (χ1) is 12.4. The highest BCUT2D eigenvalue weighted by Crippen LogP contribution is 2.19. The lowest BCUT2D eigenvalue weighted by Crippen LogP contribution is -2.48. The van der Waals surface area contributed by atoms with Crippen molar-refractivity contribution in [3.8, 4) is 5.75 Å². The SMILES string of the molecule is CCS(=O)(=O)N1CCC(N(CCCOc2ccccc2)CC(=O)O)CC1.Cl. The van der Waals surface area contributed by atoms with E-state index in [-0.39, 0.29) is 30.7 Å². The van der Waals surface area contributed by atoms with Gasteiger partial charge in [-0.05, 0) is 38.3 Å². The average Bonchev–Trinajstić information content (AvgIpc) is 2.65. The summed E-state index contributed by atoms with van der Waals surface area (Å²) >= 11 is 0. The van der Waals surface area contributed by atoms with Crippen LogP contribution in [0.5, 0.6) is 5.75 Å². The quantitative estimate of drug-likeness (QED) is 0.583. The van der Waals surface area contributed by atoms with E-state index in [4.69, 9.17) is 4.74 Å². The van der Waals surface area contributed by atoms with Gasteiger partial charge in [0.2, 0.25) is 10.0 Å². The van der Waals surface area contributed by atoms with Crippen molar-refractivity contribution in [2.75, 3.05) is 38.5 Å². The normalized spacial score (nSPS) is 16.1. The van der Waals surface area contributed by atoms with Gasteiger partial charge in [-0.3, -0.25) is 9.69 Å². The maximum Gasteiger partial charge on any atom is 0.317 e. The maximum absolute atomic E-state index is 12.0. The second-order valence-electron chi connectivity index (χ2n) is 6.41. The molecule has 1 heterocycles. The van der Waals surface area contributed by atoms with Crippen LogP contribution in [0.3, 0.4) is 0 Å². The lowest BCUT2D eigenvalue weighted by atomic mass is 10.0. The van der Waals surface area contributed by atoms with Gasteiger partial charge in [0, 0.05) is 25.7 Å². The van der Waals surface area contributed by atoms with Gasteiger partial charge in [0.05, 0.1) is 18.9 Å². The van der Waals surface area contributed by atoms with Crippen LogP contribution in [0.4, 0.5) is 0 Å². The largest absolute Gasteiger partial charge is 0.494 e. The third-order valence-electron chi connectivity index (χ3n) is 4.64. The summed E-state index contributed by atoms with van der Waals surface area (Å²) in [5, 5.41) is 9.19. The van der Waals surface area contributed by atoms with Crippen LogP contribution in [0.25, 0.3) is 0 Å². The third-order valence-corrected chi connectivity index (χ3v) is 6.52. The minimum atomic E-state index is -3.17. The summed E-state index contributed by atoms with van der Waals surface area (Å²) in [5.41, 5.74) is 0. The Morgan fingerprint density at radius 2 is 1.89 bits per heavy atom. The summed E-state index contributed by atoms with van der Waals surface area (Å²) in [6.45, 7) is 3.66. The van der Waals surface area contributed by atoms with Crippen LogP contribution >= 0.6 is 12.4 Å². The van der Waals surface area contributed by atoms with E-state index in [1.54, 1.807) is 6.92 Å². The Morgan fingerprint density at radius 3 is 2.44 bits per heavy atom. The van der Waals surface area contributed by atoms with E-state index >= 15 is 0 Å². The molecule has 2 rings (SSSR count). The highest BCUT2D eigenvalue weighted by Gasteiger charge is 2.30. The van der Waals surface area contributed by atoms with Crippen molar-refractivity contribution in [3.63, 3.8) is 0 Å². The van der Waals surface area contributed by atoms with Gasteiger partial charge >= 0.3 is 5.97 Å². The van der Waals surface area contributed by atoms with Crippen LogP contribution < -0.4 is 4.74 Å². The molecule has 154 valence electrons. The van der Waals surface area contributed by atoms with Crippen LogP contribution in [0.15, 0.2) is 30.3 Å². The highest BCUT2D eigenvalue weighted by molar-refractivity contribution is 7.89. The predicted molar refractivity (Wildman–Crippen MR) is 107 cm³/mol. The summed E-state index contributed by atoms with van der Waals surface area (Å²) in [5.74, 6) is 0.0424. The van der Waals surface area contributed by atoms with Gasteiger partial charge in [-0.15, -0.1) is 12.4 Å². The van der Waals surface area contributed by atoms with Gasteiger partial charge < -0.3 is 9.84 Å². The molecular formula is C18H29ClN2O5S. The maximum atomic E-state index is 12.0. The number of halogens is 1. The van der Waals surface area contributed by atoms with Gasteiger partial charge in [0.15, 0.2) is 0 Å². The van der Waals surface area contributed by atoms with E-state index in [1.165, 1.54) is 4.31 Å². The Balaban J connectivity index is 0.00000364. The van der Waals surface area contributed by atoms with Crippen molar-refractivity contribution < 1.29 is 23.1 Å². The zero-order valence-electron chi connectivity index (χ0n) is 15.6. The number of hydrogen-bond acceptors (Lipinski definition) is 5. The second-order valence-corrected chi connectivity index (χ2v) is 8.67. The van der Waals surface area contributed by atoms with Crippen LogP contribution in [0.1, 0.15) is 26.2 Å². The smallest absolute Gasteiger partial charge is 0.317 e. The first-order valence-corrected chi connectivity index (χ1v) is 10.6. The van der Waals surface area contributed by atoms with Crippen molar-refractivity contribution in [2.24, 2.45) is 0 Å². The number of sulfonamides is 1. The number of carbonyl (C=O) groups is 1. The molecule has 1 aromatic rings. The molecule has 0 saturated carbocycles. The Kier molecular flexibility index (Phi) is 10.1. The highest BCUT2D eigenvalue weighted by atomic mass is 35.5. The lowest BCUT2D eigenvalue weighted by Gasteiger charge is -2.37. The molecule has 0 amide bonds. The Hall–Kier alpha value is -1.35. The number of nitrogens with zero attached hydrogens (tertiary/aromatic N) is 2. The molecule has 1 N–H and O–H groups in total. The number of carboxylic acids is 1. The topological polar surface area (TPSA) is 87.2 Å². The Morgan fingerprint density at radius 1 is 1.26 bits per heavy atom. The molecule has 0 radical (unpaired) electrons. The molecule has 0 spiro atoms. The number of benzene rings is 1. The average molecular weight is 421 g/mol. The first-order valence-electron chi connectivity index (χ1n) is 9.04. The molecule has 0 aromatic heterocycles. The van der Waals surface area contributed by atoms with Crippen molar-refractivity contribution in [1.82, 2.24) is 9.21 Å². The number of piperidine rings is 1. The molecule has 1 aromatic carbocycles. The number of hydrogen-bond donors (Lipinski definition) is 1. The molecule has 27 heavy (non-hydrogen) atoms. The molecule has 0 unspecified atom stereocenters. The summed E-state index contributed by atoms with van der Waals surface area (Å²) in [6, 6.07) is 9.60. The number of rotatable bonds is 10. The van der Waals surface area contributed by atoms with Gasteiger partial charge in [0.1, 0.15) is 5.75 Å². The summed E-state index contributed by atoms with van der Waals surface area (Å²) in [7, 11) is -3.17. The summed E-state index contributed by atoms with van der Waals surface area (Å²) in [4.78, 5) is 13.1. The molecule has 7 nitrogen and oxygen atoms in total. The standard InChI is InChI=1S/C18H28N2O5S.ClH/c1-2-26(23,24)20-12-9-16(10-13-20)19(15-18(21)22)11-6-14-25-17-7-4-3-5-8-17;/h3-5,7-8,16H,2,6,9-15H2,1H3,(H,21,22);1H. The zero-order chi connectivity index (χ0) is 19.0. The van der Waals surface area contributed by atoms with Crippen molar-refractivity contribution in [2.45, 2.75) is 32.2 Å². The van der Waals surface area contributed by atoms with E-state index < -0.39 is 16.0 Å². The van der Waals surface area contributed by atoms with Crippen LogP contribution in [0, 0.1) is 0 Å². The number of carboxylic acid groups (broad SMARTS) is 1. The summed E-state index contributed by atoms with van der Waals surface area (Å²) < 4.78 is 31.1. The second kappa shape index (κ2) is 11.5. The Labute approximate surface area is 167 Å². The molecule has 1 aliphatic rings. The number of ether oxygens (including phenoxy) is 1. The lowest BCUT2D eigenvalue weighted by molar-refractivity contribution is -0.139. The molecule has 0 bridgehead atoms. The monoisotopic (exact) mass is 420 g/mol. The third kappa shape index (κ3) is 7.65. The molecule has 0 aliphatic carbocycles. The molecule has 1 aliphatic heterocycles. The minimum absolute atomic E-state index is 0. The van der Waals surface area contributed by atoms with Gasteiger partial charge in [-0.25, -0.2) is 12.7 Å². The van der Waals surface area contributed by atoms with Crippen molar-refractivity contribution in [1.29, 1.82) is 0 Å². The molecule has 1 saturated heterocycles. The number of aliphatic carboxylic acids is 1. The van der Waals surface area contributed by atoms with Crippen LogP contribution in [0.2, 0.25) is 0 Å². The first kappa shape index (κ1) is 23.7. The van der Waals surface area contributed by atoms with Gasteiger partial charge in [-0.1, -0.05) is 18.2 Å². The van der Waals surface area contributed by atoms with Gasteiger partial charge in [0.25, 0.3) is 0 Å². The number of para-hydroxylation sites is 1. The molecule has 1 fully saturated rings. The zero-order valence-corrected chi connectivity index (χ0v) is 17.3. The van der Waals surface area contributed by atoms with Crippen LogP contribution in [-0.4, -0.2) is 73.3 Å². The minimum Gasteiger partial charge on any atom is -0.494 e. The van der Waals surface area contributed by atoms with E-state index in [2.05, 4.69) is 0 Å². The Bertz CT molecular complexity index is 664. The molecule has 0 atom stereocenters. The van der Waals surface area contributed by atoms with E-state index in [0.717, 1.165) is 12.2 Å². The fourth-order valence-electron chi connectivity index (χ4n) is 3.21. The van der Waals surface area contributed by atoms with Crippen molar-refractivity contribution in [3.05, 3.63) is 30.3 Å². The van der Waals surface area contributed by atoms with Crippen molar-refractivity contribution >= 4 is 28.4 Å². The predicted octanol–water partition coefficient (Wildman–Crippen LogP) is 2.08.